The molecule has 3 aliphatic heterocycles. The lowest BCUT2D eigenvalue weighted by atomic mass is 9.51. The SMILES string of the molecule is CCSC(SCC)=C1C(=O)N(CC2CCCC2)C(=O)N(C2CCC3(CC2)CC2(C3)C(=O)N(C)C(=O)N2CC2(F)COC2)C1=O. The highest BCUT2D eigenvalue weighted by atomic mass is 32.2. The number of thioether (sulfide) groups is 2. The number of alkyl halides is 1. The van der Waals surface area contributed by atoms with Gasteiger partial charge in [-0.1, -0.05) is 26.7 Å². The monoisotopic (exact) mass is 650 g/mol. The molecule has 6 aliphatic rings. The molecule has 6 rings (SSSR count). The fourth-order valence-corrected chi connectivity index (χ4v) is 10.6. The van der Waals surface area contributed by atoms with Crippen LogP contribution in [0.3, 0.4) is 0 Å². The third kappa shape index (κ3) is 5.18. The van der Waals surface area contributed by atoms with E-state index in [9.17, 15) is 24.0 Å². The van der Waals surface area contributed by atoms with Gasteiger partial charge in [-0.2, -0.15) is 0 Å². The molecular weight excluding hydrogens is 607 g/mol. The highest BCUT2D eigenvalue weighted by molar-refractivity contribution is 8.22. The van der Waals surface area contributed by atoms with Gasteiger partial charge in [-0.25, -0.2) is 14.0 Å². The lowest BCUT2D eigenvalue weighted by molar-refractivity contribution is -0.167. The van der Waals surface area contributed by atoms with Gasteiger partial charge in [0.05, 0.1) is 24.0 Å². The third-order valence-electron chi connectivity index (χ3n) is 10.6. The number of halogens is 1. The molecule has 2 spiro atoms. The van der Waals surface area contributed by atoms with Crippen molar-refractivity contribution in [3.63, 3.8) is 0 Å². The lowest BCUT2D eigenvalue weighted by Crippen LogP contribution is -2.68. The van der Waals surface area contributed by atoms with Gasteiger partial charge < -0.3 is 9.64 Å². The van der Waals surface area contributed by atoms with E-state index in [2.05, 4.69) is 0 Å². The largest absolute Gasteiger partial charge is 0.374 e. The van der Waals surface area contributed by atoms with E-state index in [1.807, 2.05) is 13.8 Å². The molecule has 6 fully saturated rings. The topological polar surface area (TPSA) is 108 Å². The Morgan fingerprint density at radius 1 is 0.909 bits per heavy atom. The Bertz CT molecular complexity index is 1260. The van der Waals surface area contributed by atoms with Crippen LogP contribution in [0.1, 0.15) is 78.1 Å². The second-order valence-corrected chi connectivity index (χ2v) is 16.4. The van der Waals surface area contributed by atoms with E-state index in [0.717, 1.165) is 30.6 Å². The van der Waals surface area contributed by atoms with Gasteiger partial charge in [0.1, 0.15) is 11.1 Å². The average molecular weight is 651 g/mol. The summed E-state index contributed by atoms with van der Waals surface area (Å²) in [5.74, 6) is 0.422. The zero-order valence-corrected chi connectivity index (χ0v) is 27.5. The molecule has 0 aromatic heterocycles. The number of likely N-dealkylation sites (N-methyl/N-ethyl adjacent to an activating group) is 1. The molecule has 7 amide bonds. The Hall–Kier alpha value is -2.12. The molecule has 0 unspecified atom stereocenters. The normalized spacial score (nSPS) is 32.4. The molecule has 3 saturated heterocycles. The Morgan fingerprint density at radius 2 is 1.52 bits per heavy atom. The van der Waals surface area contributed by atoms with E-state index in [0.29, 0.717) is 60.8 Å². The summed E-state index contributed by atoms with van der Waals surface area (Å²) in [6, 6.07) is -1.33. The van der Waals surface area contributed by atoms with Gasteiger partial charge in [0.15, 0.2) is 5.67 Å². The van der Waals surface area contributed by atoms with Gasteiger partial charge in [-0.15, -0.1) is 23.5 Å². The van der Waals surface area contributed by atoms with Crippen molar-refractivity contribution in [2.75, 3.05) is 44.9 Å². The summed E-state index contributed by atoms with van der Waals surface area (Å²) in [5.41, 5.74) is -2.79. The molecule has 0 aromatic rings. The van der Waals surface area contributed by atoms with Crippen molar-refractivity contribution >= 4 is 53.3 Å². The maximum atomic E-state index is 15.1. The molecule has 0 aromatic carbocycles. The molecule has 0 N–H and O–H groups in total. The Morgan fingerprint density at radius 3 is 2.07 bits per heavy atom. The van der Waals surface area contributed by atoms with E-state index < -0.39 is 35.1 Å². The van der Waals surface area contributed by atoms with Gasteiger partial charge >= 0.3 is 12.1 Å². The second-order valence-electron chi connectivity index (χ2n) is 13.5. The number of barbiturate groups is 1. The van der Waals surface area contributed by atoms with Crippen molar-refractivity contribution < 1.29 is 33.1 Å². The van der Waals surface area contributed by atoms with Crippen LogP contribution >= 0.6 is 23.5 Å². The summed E-state index contributed by atoms with van der Waals surface area (Å²) in [6.45, 7) is 3.98. The molecule has 44 heavy (non-hydrogen) atoms. The number of carbonyl (C=O) groups excluding carboxylic acids is 5. The second kappa shape index (κ2) is 11.9. The first-order chi connectivity index (χ1) is 21.0. The van der Waals surface area contributed by atoms with Crippen LogP contribution in [0.2, 0.25) is 0 Å². The van der Waals surface area contributed by atoms with E-state index in [1.54, 1.807) is 0 Å². The van der Waals surface area contributed by atoms with Crippen LogP contribution in [-0.2, 0) is 19.1 Å². The molecule has 0 radical (unpaired) electrons. The number of hydrogen-bond acceptors (Lipinski definition) is 8. The van der Waals surface area contributed by atoms with Crippen molar-refractivity contribution in [2.45, 2.75) is 95.3 Å². The summed E-state index contributed by atoms with van der Waals surface area (Å²) in [4.78, 5) is 73.3. The highest BCUT2D eigenvalue weighted by Crippen LogP contribution is 2.61. The maximum Gasteiger partial charge on any atom is 0.334 e. The smallest absolute Gasteiger partial charge is 0.334 e. The number of ether oxygens (including phenoxy) is 1. The van der Waals surface area contributed by atoms with Crippen molar-refractivity contribution in [1.82, 2.24) is 19.6 Å². The number of rotatable bonds is 9. The molecule has 3 aliphatic carbocycles. The fraction of sp³-hybridized carbons (Fsp3) is 0.774. The first kappa shape index (κ1) is 31.8. The standard InChI is InChI=1S/C31H43FN4O6S2/c1-4-43-25(44-5-2)22-23(37)34(14-20-8-6-7-9-20)28(41)36(24(22)38)21-10-12-29(13-11-21)15-31(16-29)26(39)33(3)27(40)35(31)17-30(32)18-42-19-30/h20-21H,4-19H2,1-3H3. The average Bonchev–Trinajstić information content (AvgIpc) is 3.54. The van der Waals surface area contributed by atoms with Crippen molar-refractivity contribution in [3.05, 3.63) is 9.81 Å². The number of hydrogen-bond donors (Lipinski definition) is 0. The van der Waals surface area contributed by atoms with E-state index in [-0.39, 0.29) is 48.6 Å². The van der Waals surface area contributed by atoms with E-state index in [4.69, 9.17) is 4.74 Å². The van der Waals surface area contributed by atoms with Crippen LogP contribution in [0.25, 0.3) is 0 Å². The summed E-state index contributed by atoms with van der Waals surface area (Å²) >= 11 is 2.95. The minimum Gasteiger partial charge on any atom is -0.374 e. The lowest BCUT2D eigenvalue weighted by Gasteiger charge is -2.59. The number of nitrogens with zero attached hydrogens (tertiary/aromatic N) is 4. The van der Waals surface area contributed by atoms with Gasteiger partial charge in [0.2, 0.25) is 0 Å². The van der Waals surface area contributed by atoms with Gasteiger partial charge in [0, 0.05) is 19.6 Å². The van der Waals surface area contributed by atoms with Crippen LogP contribution in [0.4, 0.5) is 14.0 Å². The molecule has 3 heterocycles. The Kier molecular flexibility index (Phi) is 8.62. The predicted molar refractivity (Wildman–Crippen MR) is 165 cm³/mol. The molecular formula is C31H43FN4O6S2. The first-order valence-electron chi connectivity index (χ1n) is 16.0. The summed E-state index contributed by atoms with van der Waals surface area (Å²) < 4.78 is 20.8. The van der Waals surface area contributed by atoms with Gasteiger partial charge in [0.25, 0.3) is 17.7 Å². The minimum atomic E-state index is -1.64. The summed E-state index contributed by atoms with van der Waals surface area (Å²) in [5, 5.41) is 0. The van der Waals surface area contributed by atoms with Gasteiger partial charge in [-0.3, -0.25) is 29.1 Å². The molecule has 0 atom stereocenters. The van der Waals surface area contributed by atoms with Crippen LogP contribution in [0, 0.1) is 11.3 Å². The fourth-order valence-electron chi connectivity index (χ4n) is 8.36. The Labute approximate surface area is 266 Å². The molecule has 0 bridgehead atoms. The van der Waals surface area contributed by atoms with Crippen LogP contribution in [0.5, 0.6) is 0 Å². The molecule has 3 saturated carbocycles. The number of urea groups is 2. The predicted octanol–water partition coefficient (Wildman–Crippen LogP) is 4.78. The van der Waals surface area contributed by atoms with Crippen LogP contribution < -0.4 is 0 Å². The van der Waals surface area contributed by atoms with E-state index in [1.165, 1.54) is 45.3 Å². The number of amides is 7. The third-order valence-corrected chi connectivity index (χ3v) is 12.8. The van der Waals surface area contributed by atoms with Crippen molar-refractivity contribution in [1.29, 1.82) is 0 Å². The van der Waals surface area contributed by atoms with E-state index >= 15 is 4.39 Å². The molecule has 13 heteroatoms. The number of carbonyl (C=O) groups is 5. The molecule has 10 nitrogen and oxygen atoms in total. The van der Waals surface area contributed by atoms with Crippen molar-refractivity contribution in [3.8, 4) is 0 Å². The molecule has 242 valence electrons. The Balaban J connectivity index is 1.20. The van der Waals surface area contributed by atoms with Crippen LogP contribution in [-0.4, -0.2) is 111 Å². The zero-order valence-electron chi connectivity index (χ0n) is 25.9. The quantitative estimate of drug-likeness (QED) is 0.200. The van der Waals surface area contributed by atoms with Crippen molar-refractivity contribution in [2.24, 2.45) is 11.3 Å². The maximum absolute atomic E-state index is 15.1. The van der Waals surface area contributed by atoms with Gasteiger partial charge in [-0.05, 0) is 74.2 Å². The summed E-state index contributed by atoms with van der Waals surface area (Å²) in [6.07, 6.45) is 7.48. The summed E-state index contributed by atoms with van der Waals surface area (Å²) in [7, 11) is 1.45. The number of imide groups is 3. The first-order valence-corrected chi connectivity index (χ1v) is 18.0. The highest BCUT2D eigenvalue weighted by Gasteiger charge is 2.69. The van der Waals surface area contributed by atoms with Crippen LogP contribution in [0.15, 0.2) is 9.81 Å². The zero-order chi connectivity index (χ0) is 31.4. The minimum absolute atomic E-state index is 0.0819.